The van der Waals surface area contributed by atoms with E-state index in [-0.39, 0.29) is 0 Å². The van der Waals surface area contributed by atoms with Gasteiger partial charge < -0.3 is 4.57 Å². The highest BCUT2D eigenvalue weighted by Crippen LogP contribution is 2.31. The fraction of sp³-hybridized carbons (Fsp3) is 0.375. The van der Waals surface area contributed by atoms with Crippen LogP contribution in [0.4, 0.5) is 0 Å². The molecule has 0 radical (unpaired) electrons. The minimum atomic E-state index is 0.517. The van der Waals surface area contributed by atoms with Crippen LogP contribution < -0.4 is 0 Å². The van der Waals surface area contributed by atoms with Crippen LogP contribution in [0.3, 0.4) is 0 Å². The Hall–Kier alpha value is -2.26. The Balaban J connectivity index is 2.92. The monoisotopic (exact) mass is 251 g/mol. The van der Waals surface area contributed by atoms with Gasteiger partial charge in [0.05, 0.1) is 16.6 Å². The van der Waals surface area contributed by atoms with Gasteiger partial charge in [-0.3, -0.25) is 0 Å². The zero-order valence-electron chi connectivity index (χ0n) is 11.8. The van der Waals surface area contributed by atoms with Gasteiger partial charge in [-0.25, -0.2) is 0 Å². The van der Waals surface area contributed by atoms with Crippen LogP contribution in [0.1, 0.15) is 36.1 Å². The Labute approximate surface area is 113 Å². The van der Waals surface area contributed by atoms with Crippen LogP contribution in [0, 0.1) is 35.5 Å². The average Bonchev–Trinajstić information content (AvgIpc) is 2.65. The van der Waals surface area contributed by atoms with Crippen LogP contribution in [0.15, 0.2) is 12.3 Å². The van der Waals surface area contributed by atoms with Crippen LogP contribution in [-0.2, 0) is 13.5 Å². The van der Waals surface area contributed by atoms with Crippen molar-refractivity contribution in [2.24, 2.45) is 13.0 Å². The van der Waals surface area contributed by atoms with Gasteiger partial charge in [-0.05, 0) is 36.5 Å². The number of nitrogens with zero attached hydrogens (tertiary/aromatic N) is 3. The molecule has 0 unspecified atom stereocenters. The van der Waals surface area contributed by atoms with E-state index in [0.717, 1.165) is 28.5 Å². The number of rotatable bonds is 2. The summed E-state index contributed by atoms with van der Waals surface area (Å²) in [6, 6.07) is 6.34. The third kappa shape index (κ3) is 2.09. The molecule has 0 aliphatic rings. The molecule has 0 aliphatic heterocycles. The third-order valence-electron chi connectivity index (χ3n) is 3.38. The molecule has 3 nitrogen and oxygen atoms in total. The number of hydrogen-bond donors (Lipinski definition) is 0. The van der Waals surface area contributed by atoms with Gasteiger partial charge >= 0.3 is 0 Å². The maximum atomic E-state index is 9.41. The van der Waals surface area contributed by atoms with Gasteiger partial charge in [0.25, 0.3) is 0 Å². The SMILES string of the molecule is Cc1cc(C#N)c2c(c(CC(C)C)cn2C)c1C#N. The van der Waals surface area contributed by atoms with Gasteiger partial charge in [0, 0.05) is 18.6 Å². The van der Waals surface area contributed by atoms with Crippen molar-refractivity contribution in [3.05, 3.63) is 34.5 Å². The highest BCUT2D eigenvalue weighted by atomic mass is 14.9. The average molecular weight is 251 g/mol. The number of aromatic nitrogens is 1. The topological polar surface area (TPSA) is 52.5 Å². The number of aryl methyl sites for hydroxylation is 2. The molecule has 96 valence electrons. The van der Waals surface area contributed by atoms with E-state index in [1.165, 1.54) is 0 Å². The molecule has 0 N–H and O–H groups in total. The summed E-state index contributed by atoms with van der Waals surface area (Å²) in [6.07, 6.45) is 2.96. The minimum absolute atomic E-state index is 0.517. The Morgan fingerprint density at radius 3 is 2.47 bits per heavy atom. The van der Waals surface area contributed by atoms with Gasteiger partial charge in [0.15, 0.2) is 0 Å². The predicted octanol–water partition coefficient (Wildman–Crippen LogP) is 3.43. The van der Waals surface area contributed by atoms with Crippen LogP contribution in [-0.4, -0.2) is 4.57 Å². The van der Waals surface area contributed by atoms with Crippen molar-refractivity contribution in [3.8, 4) is 12.1 Å². The second-order valence-corrected chi connectivity index (χ2v) is 5.43. The Morgan fingerprint density at radius 1 is 1.26 bits per heavy atom. The molecule has 0 saturated carbocycles. The zero-order chi connectivity index (χ0) is 14.2. The largest absolute Gasteiger partial charge is 0.349 e. The van der Waals surface area contributed by atoms with Gasteiger partial charge in [0.2, 0.25) is 0 Å². The van der Waals surface area contributed by atoms with E-state index < -0.39 is 0 Å². The lowest BCUT2D eigenvalue weighted by atomic mass is 9.95. The van der Waals surface area contributed by atoms with E-state index in [0.29, 0.717) is 17.0 Å². The molecule has 0 spiro atoms. The maximum absolute atomic E-state index is 9.41. The second kappa shape index (κ2) is 4.78. The molecular weight excluding hydrogens is 234 g/mol. The van der Waals surface area contributed by atoms with Crippen molar-refractivity contribution in [3.63, 3.8) is 0 Å². The number of hydrogen-bond acceptors (Lipinski definition) is 2. The Bertz CT molecular complexity index is 721. The summed E-state index contributed by atoms with van der Waals surface area (Å²) < 4.78 is 1.96. The zero-order valence-corrected chi connectivity index (χ0v) is 11.8. The van der Waals surface area contributed by atoms with E-state index in [4.69, 9.17) is 0 Å². The predicted molar refractivity (Wildman–Crippen MR) is 75.6 cm³/mol. The third-order valence-corrected chi connectivity index (χ3v) is 3.38. The fourth-order valence-electron chi connectivity index (χ4n) is 2.67. The number of fused-ring (bicyclic) bond motifs is 1. The fourth-order valence-corrected chi connectivity index (χ4v) is 2.67. The molecule has 3 heteroatoms. The summed E-state index contributed by atoms with van der Waals surface area (Å²) in [7, 11) is 1.93. The smallest absolute Gasteiger partial charge is 0.101 e. The van der Waals surface area contributed by atoms with Gasteiger partial charge in [-0.1, -0.05) is 13.8 Å². The Kier molecular flexibility index (Phi) is 3.32. The van der Waals surface area contributed by atoms with Crippen molar-refractivity contribution in [2.45, 2.75) is 27.2 Å². The molecule has 19 heavy (non-hydrogen) atoms. The molecule has 0 saturated heterocycles. The molecule has 1 heterocycles. The first kappa shape index (κ1) is 13.2. The maximum Gasteiger partial charge on any atom is 0.101 e. The van der Waals surface area contributed by atoms with Crippen molar-refractivity contribution in [2.75, 3.05) is 0 Å². The number of benzene rings is 1. The summed E-state index contributed by atoms with van der Waals surface area (Å²) in [4.78, 5) is 0. The van der Waals surface area contributed by atoms with E-state index in [2.05, 4.69) is 26.0 Å². The van der Waals surface area contributed by atoms with Gasteiger partial charge in [-0.15, -0.1) is 0 Å². The van der Waals surface area contributed by atoms with Crippen LogP contribution in [0.25, 0.3) is 10.9 Å². The lowest BCUT2D eigenvalue weighted by Crippen LogP contribution is -1.95. The summed E-state index contributed by atoms with van der Waals surface area (Å²) in [5, 5.41) is 19.7. The van der Waals surface area contributed by atoms with Crippen molar-refractivity contribution >= 4 is 10.9 Å². The van der Waals surface area contributed by atoms with E-state index >= 15 is 0 Å². The van der Waals surface area contributed by atoms with Gasteiger partial charge in [-0.2, -0.15) is 10.5 Å². The summed E-state index contributed by atoms with van der Waals surface area (Å²) >= 11 is 0. The standard InChI is InChI=1S/C16H17N3/c1-10(2)5-13-9-19(4)16-12(7-17)6-11(3)14(8-18)15(13)16/h6,9-10H,5H2,1-4H3. The molecular formula is C16H17N3. The first-order chi connectivity index (χ1) is 8.99. The molecule has 0 amide bonds. The minimum Gasteiger partial charge on any atom is -0.349 e. The molecule has 2 aromatic rings. The highest BCUT2D eigenvalue weighted by molar-refractivity contribution is 5.94. The van der Waals surface area contributed by atoms with Crippen molar-refractivity contribution in [1.82, 2.24) is 4.57 Å². The quantitative estimate of drug-likeness (QED) is 0.821. The second-order valence-electron chi connectivity index (χ2n) is 5.43. The van der Waals surface area contributed by atoms with Crippen LogP contribution in [0.5, 0.6) is 0 Å². The molecule has 1 aromatic carbocycles. The molecule has 0 atom stereocenters. The molecule has 1 aromatic heterocycles. The van der Waals surface area contributed by atoms with E-state index in [1.54, 1.807) is 6.07 Å². The lowest BCUT2D eigenvalue weighted by molar-refractivity contribution is 0.648. The van der Waals surface area contributed by atoms with E-state index in [9.17, 15) is 10.5 Å². The van der Waals surface area contributed by atoms with Crippen LogP contribution >= 0.6 is 0 Å². The summed E-state index contributed by atoms with van der Waals surface area (Å²) in [6.45, 7) is 6.21. The first-order valence-corrected chi connectivity index (χ1v) is 6.41. The highest BCUT2D eigenvalue weighted by Gasteiger charge is 2.17. The normalized spacial score (nSPS) is 10.7. The van der Waals surface area contributed by atoms with Crippen molar-refractivity contribution in [1.29, 1.82) is 10.5 Å². The molecule has 0 bridgehead atoms. The molecule has 2 rings (SSSR count). The number of nitriles is 2. The first-order valence-electron chi connectivity index (χ1n) is 6.41. The summed E-state index contributed by atoms with van der Waals surface area (Å²) in [5.41, 5.74) is 4.25. The van der Waals surface area contributed by atoms with Gasteiger partial charge in [0.1, 0.15) is 12.1 Å². The molecule has 0 aliphatic carbocycles. The Morgan fingerprint density at radius 2 is 1.95 bits per heavy atom. The van der Waals surface area contributed by atoms with E-state index in [1.807, 2.05) is 24.7 Å². The van der Waals surface area contributed by atoms with Crippen LogP contribution in [0.2, 0.25) is 0 Å². The molecule has 0 fully saturated rings. The van der Waals surface area contributed by atoms with Crippen molar-refractivity contribution < 1.29 is 0 Å². The lowest BCUT2D eigenvalue weighted by Gasteiger charge is -2.07. The summed E-state index contributed by atoms with van der Waals surface area (Å²) in [5.74, 6) is 0.517.